The number of nitrogens with one attached hydrogen (secondary N) is 1. The van der Waals surface area contributed by atoms with Gasteiger partial charge in [-0.05, 0) is 38.5 Å². The standard InChI is InChI=1S/C23H31F3N6O4S/c24-23(25,26)20-14-27-22(30-21(20)16-13-28-32(15-16)18-3-9-35-10-4-18)29-17-1-7-31(8-2-17)37(33,34)19-5-11-36-12-6-19/h13-15,17-19H,1-12H2,(H,27,29,30). The highest BCUT2D eigenvalue weighted by molar-refractivity contribution is 7.89. The lowest BCUT2D eigenvalue weighted by Gasteiger charge is -2.35. The second kappa shape index (κ2) is 10.8. The van der Waals surface area contributed by atoms with Crippen molar-refractivity contribution in [2.75, 3.05) is 44.8 Å². The lowest BCUT2D eigenvalue weighted by molar-refractivity contribution is -0.137. The van der Waals surface area contributed by atoms with Crippen LogP contribution < -0.4 is 5.32 Å². The van der Waals surface area contributed by atoms with E-state index in [9.17, 15) is 21.6 Å². The first-order chi connectivity index (χ1) is 17.7. The van der Waals surface area contributed by atoms with Crippen molar-refractivity contribution in [2.24, 2.45) is 0 Å². The van der Waals surface area contributed by atoms with E-state index in [2.05, 4.69) is 20.4 Å². The number of anilines is 1. The van der Waals surface area contributed by atoms with Crippen molar-refractivity contribution >= 4 is 16.0 Å². The Morgan fingerprint density at radius 2 is 1.59 bits per heavy atom. The van der Waals surface area contributed by atoms with Crippen LogP contribution in [0.1, 0.15) is 50.1 Å². The molecule has 37 heavy (non-hydrogen) atoms. The quantitative estimate of drug-likeness (QED) is 0.591. The number of hydrogen-bond donors (Lipinski definition) is 1. The minimum atomic E-state index is -4.63. The first kappa shape index (κ1) is 26.3. The number of aromatic nitrogens is 4. The molecule has 0 atom stereocenters. The summed E-state index contributed by atoms with van der Waals surface area (Å²) in [7, 11) is -3.40. The number of halogens is 3. The highest BCUT2D eigenvalue weighted by atomic mass is 32.2. The highest BCUT2D eigenvalue weighted by Gasteiger charge is 2.37. The molecule has 0 radical (unpaired) electrons. The first-order valence-corrected chi connectivity index (χ1v) is 14.1. The number of piperidine rings is 1. The van der Waals surface area contributed by atoms with Crippen molar-refractivity contribution in [1.82, 2.24) is 24.1 Å². The summed E-state index contributed by atoms with van der Waals surface area (Å²) in [6.45, 7) is 2.74. The fourth-order valence-electron chi connectivity index (χ4n) is 5.11. The van der Waals surface area contributed by atoms with Gasteiger partial charge in [-0.1, -0.05) is 0 Å². The Balaban J connectivity index is 1.29. The highest BCUT2D eigenvalue weighted by Crippen LogP contribution is 2.36. The Morgan fingerprint density at radius 1 is 0.946 bits per heavy atom. The number of nitrogens with zero attached hydrogens (tertiary/aromatic N) is 5. The number of hydrogen-bond acceptors (Lipinski definition) is 8. The average Bonchev–Trinajstić information content (AvgIpc) is 3.40. The minimum Gasteiger partial charge on any atom is -0.381 e. The Hall–Kier alpha value is -2.29. The molecule has 3 aliphatic rings. The molecule has 0 saturated carbocycles. The lowest BCUT2D eigenvalue weighted by Crippen LogP contribution is -2.47. The zero-order chi connectivity index (χ0) is 26.0. The summed E-state index contributed by atoms with van der Waals surface area (Å²) in [5.74, 6) is 0.0764. The third kappa shape index (κ3) is 5.91. The fraction of sp³-hybridized carbons (Fsp3) is 0.696. The number of rotatable bonds is 6. The van der Waals surface area contributed by atoms with Gasteiger partial charge in [0.1, 0.15) is 5.56 Å². The number of alkyl halides is 3. The summed E-state index contributed by atoms with van der Waals surface area (Å²) in [6, 6.07) is -0.0884. The molecule has 5 rings (SSSR count). The molecular weight excluding hydrogens is 513 g/mol. The van der Waals surface area contributed by atoms with Crippen LogP contribution in [0.25, 0.3) is 11.3 Å². The van der Waals surface area contributed by atoms with Crippen molar-refractivity contribution in [3.05, 3.63) is 24.2 Å². The summed E-state index contributed by atoms with van der Waals surface area (Å²) < 4.78 is 81.1. The van der Waals surface area contributed by atoms with Gasteiger partial charge in [-0.25, -0.2) is 22.7 Å². The third-order valence-corrected chi connectivity index (χ3v) is 9.67. The predicted octanol–water partition coefficient (Wildman–Crippen LogP) is 3.10. The van der Waals surface area contributed by atoms with Crippen LogP contribution in [0.2, 0.25) is 0 Å². The molecule has 204 valence electrons. The van der Waals surface area contributed by atoms with E-state index in [-0.39, 0.29) is 29.3 Å². The minimum absolute atomic E-state index is 0.0684. The molecule has 2 aromatic rings. The second-order valence-electron chi connectivity index (χ2n) is 9.68. The molecular formula is C23H31F3N6O4S. The van der Waals surface area contributed by atoms with Gasteiger partial charge in [0.2, 0.25) is 16.0 Å². The summed E-state index contributed by atoms with van der Waals surface area (Å²) in [5, 5.41) is 6.99. The Bertz CT molecular complexity index is 1170. The van der Waals surface area contributed by atoms with Crippen LogP contribution in [-0.2, 0) is 25.7 Å². The maximum absolute atomic E-state index is 13.8. The molecule has 3 aliphatic heterocycles. The number of ether oxygens (including phenoxy) is 2. The van der Waals surface area contributed by atoms with Crippen LogP contribution in [0.5, 0.6) is 0 Å². The molecule has 2 aromatic heterocycles. The van der Waals surface area contributed by atoms with E-state index in [0.717, 1.165) is 19.0 Å². The summed E-state index contributed by atoms with van der Waals surface area (Å²) in [6.07, 6.45) is 2.64. The SMILES string of the molecule is O=S(=O)(C1CCOCC1)N1CCC(Nc2ncc(C(F)(F)F)c(-c3cnn(C4CCOCC4)c3)n2)CC1. The molecule has 0 aliphatic carbocycles. The molecule has 0 unspecified atom stereocenters. The van der Waals surface area contributed by atoms with E-state index in [1.54, 1.807) is 10.9 Å². The molecule has 3 fully saturated rings. The molecule has 14 heteroatoms. The zero-order valence-corrected chi connectivity index (χ0v) is 21.2. The van der Waals surface area contributed by atoms with Gasteiger partial charge in [-0.15, -0.1) is 0 Å². The van der Waals surface area contributed by atoms with E-state index < -0.39 is 27.0 Å². The molecule has 1 N–H and O–H groups in total. The molecule has 5 heterocycles. The molecule has 0 amide bonds. The topological polar surface area (TPSA) is 111 Å². The van der Waals surface area contributed by atoms with Crippen molar-refractivity contribution in [3.8, 4) is 11.3 Å². The maximum Gasteiger partial charge on any atom is 0.419 e. The van der Waals surface area contributed by atoms with Crippen molar-refractivity contribution in [2.45, 2.75) is 62.0 Å². The van der Waals surface area contributed by atoms with Crippen LogP contribution in [0.15, 0.2) is 18.6 Å². The molecule has 0 spiro atoms. The van der Waals surface area contributed by atoms with Gasteiger partial charge in [0, 0.05) is 63.5 Å². The fourth-order valence-corrected chi connectivity index (χ4v) is 7.04. The third-order valence-electron chi connectivity index (χ3n) is 7.27. The summed E-state index contributed by atoms with van der Waals surface area (Å²) in [5.41, 5.74) is -0.897. The van der Waals surface area contributed by atoms with Crippen LogP contribution in [0, 0.1) is 0 Å². The van der Waals surface area contributed by atoms with Crippen molar-refractivity contribution in [1.29, 1.82) is 0 Å². The largest absolute Gasteiger partial charge is 0.419 e. The lowest BCUT2D eigenvalue weighted by atomic mass is 10.1. The van der Waals surface area contributed by atoms with E-state index in [1.807, 2.05) is 0 Å². The van der Waals surface area contributed by atoms with Crippen LogP contribution in [0.3, 0.4) is 0 Å². The molecule has 0 bridgehead atoms. The number of sulfonamides is 1. The Morgan fingerprint density at radius 3 is 2.24 bits per heavy atom. The van der Waals surface area contributed by atoms with Crippen LogP contribution in [0.4, 0.5) is 19.1 Å². The van der Waals surface area contributed by atoms with Gasteiger partial charge in [-0.2, -0.15) is 18.3 Å². The smallest absolute Gasteiger partial charge is 0.381 e. The van der Waals surface area contributed by atoms with Crippen LogP contribution >= 0.6 is 0 Å². The Kier molecular flexibility index (Phi) is 7.70. The van der Waals surface area contributed by atoms with E-state index in [4.69, 9.17) is 9.47 Å². The van der Waals surface area contributed by atoms with Gasteiger partial charge in [0.15, 0.2) is 0 Å². The van der Waals surface area contributed by atoms with Gasteiger partial charge >= 0.3 is 6.18 Å². The van der Waals surface area contributed by atoms with Gasteiger partial charge < -0.3 is 14.8 Å². The van der Waals surface area contributed by atoms with Crippen molar-refractivity contribution in [3.63, 3.8) is 0 Å². The predicted molar refractivity (Wildman–Crippen MR) is 128 cm³/mol. The van der Waals surface area contributed by atoms with Gasteiger partial charge in [-0.3, -0.25) is 4.68 Å². The molecule has 10 nitrogen and oxygen atoms in total. The zero-order valence-electron chi connectivity index (χ0n) is 20.4. The normalized spacial score (nSPS) is 21.8. The van der Waals surface area contributed by atoms with Crippen molar-refractivity contribution < 1.29 is 31.1 Å². The first-order valence-electron chi connectivity index (χ1n) is 12.6. The summed E-state index contributed by atoms with van der Waals surface area (Å²) in [4.78, 5) is 8.17. The van der Waals surface area contributed by atoms with Gasteiger partial charge in [0.25, 0.3) is 0 Å². The average molecular weight is 545 g/mol. The van der Waals surface area contributed by atoms with Crippen LogP contribution in [-0.4, -0.2) is 83.3 Å². The van der Waals surface area contributed by atoms with E-state index >= 15 is 0 Å². The van der Waals surface area contributed by atoms with Gasteiger partial charge in [0.05, 0.1) is 23.2 Å². The Labute approximate surface area is 213 Å². The summed E-state index contributed by atoms with van der Waals surface area (Å²) >= 11 is 0. The van der Waals surface area contributed by atoms with E-state index in [1.165, 1.54) is 10.5 Å². The molecule has 3 saturated heterocycles. The maximum atomic E-state index is 13.8. The molecule has 0 aromatic carbocycles. The monoisotopic (exact) mass is 544 g/mol. The second-order valence-corrected chi connectivity index (χ2v) is 11.9. The van der Waals surface area contributed by atoms with E-state index in [0.29, 0.717) is 65.2 Å².